The number of carbonyl (C=O) groups excluding carboxylic acids is 2. The van der Waals surface area contributed by atoms with Crippen molar-refractivity contribution in [1.82, 2.24) is 15.1 Å². The van der Waals surface area contributed by atoms with Crippen LogP contribution in [0.15, 0.2) is 0 Å². The molecule has 0 aromatic rings. The predicted octanol–water partition coefficient (Wildman–Crippen LogP) is 1.29. The number of rotatable bonds is 4. The lowest BCUT2D eigenvalue weighted by atomic mass is 9.93. The molecule has 0 unspecified atom stereocenters. The smallest absolute Gasteiger partial charge is 0.410 e. The average Bonchev–Trinajstić information content (AvgIpc) is 3.17. The molecule has 0 aromatic carbocycles. The van der Waals surface area contributed by atoms with E-state index in [2.05, 4.69) is 11.4 Å². The van der Waals surface area contributed by atoms with E-state index in [1.54, 1.807) is 9.80 Å². The van der Waals surface area contributed by atoms with Crippen molar-refractivity contribution in [3.05, 3.63) is 0 Å². The fourth-order valence-corrected chi connectivity index (χ4v) is 3.88. The molecule has 1 atom stereocenters. The van der Waals surface area contributed by atoms with Gasteiger partial charge in [-0.25, -0.2) is 4.79 Å². The highest BCUT2D eigenvalue weighted by molar-refractivity contribution is 5.85. The summed E-state index contributed by atoms with van der Waals surface area (Å²) in [5, 5.41) is 12.4. The Balaban J connectivity index is 0.00000261. The Morgan fingerprint density at radius 1 is 1.11 bits per heavy atom. The minimum Gasteiger partial charge on any atom is -0.446 e. The molecular formula is C18H29ClN4O4. The number of carbonyl (C=O) groups is 2. The molecule has 8 nitrogen and oxygen atoms in total. The number of nitrogens with zero attached hydrogens (tertiary/aromatic N) is 3. The summed E-state index contributed by atoms with van der Waals surface area (Å²) in [6.45, 7) is 3.30. The molecule has 2 saturated heterocycles. The third kappa shape index (κ3) is 5.96. The van der Waals surface area contributed by atoms with Crippen molar-refractivity contribution >= 4 is 24.4 Å². The third-order valence-electron chi connectivity index (χ3n) is 5.48. The Morgan fingerprint density at radius 3 is 2.48 bits per heavy atom. The van der Waals surface area contributed by atoms with Crippen LogP contribution >= 0.6 is 12.4 Å². The number of nitrogens with one attached hydrogen (secondary N) is 1. The second-order valence-corrected chi connectivity index (χ2v) is 7.21. The lowest BCUT2D eigenvalue weighted by Crippen LogP contribution is -2.45. The highest BCUT2D eigenvalue weighted by Gasteiger charge is 2.30. The van der Waals surface area contributed by atoms with Crippen molar-refractivity contribution in [2.24, 2.45) is 0 Å². The van der Waals surface area contributed by atoms with E-state index >= 15 is 0 Å². The molecule has 9 heteroatoms. The maximum Gasteiger partial charge on any atom is 0.410 e. The fraction of sp³-hybridized carbons (Fsp3) is 0.833. The van der Waals surface area contributed by atoms with Gasteiger partial charge in [-0.05, 0) is 38.5 Å². The number of morpholine rings is 1. The molecule has 3 fully saturated rings. The number of hydrogen-bond donors (Lipinski definition) is 1. The van der Waals surface area contributed by atoms with E-state index in [0.29, 0.717) is 32.8 Å². The summed E-state index contributed by atoms with van der Waals surface area (Å²) in [5.41, 5.74) is 0. The van der Waals surface area contributed by atoms with Crippen molar-refractivity contribution in [1.29, 1.82) is 5.26 Å². The number of likely N-dealkylation sites (tertiary alicyclic amines) is 1. The highest BCUT2D eigenvalue weighted by atomic mass is 35.5. The van der Waals surface area contributed by atoms with E-state index in [1.165, 1.54) is 0 Å². The van der Waals surface area contributed by atoms with E-state index in [9.17, 15) is 9.59 Å². The summed E-state index contributed by atoms with van der Waals surface area (Å²) in [6, 6.07) is 2.20. The number of hydrogen-bond acceptors (Lipinski definition) is 6. The zero-order chi connectivity index (χ0) is 18.4. The second-order valence-electron chi connectivity index (χ2n) is 7.21. The van der Waals surface area contributed by atoms with E-state index in [1.807, 2.05) is 0 Å². The molecule has 3 aliphatic rings. The van der Waals surface area contributed by atoms with Gasteiger partial charge in [0.15, 0.2) is 0 Å². The van der Waals surface area contributed by atoms with E-state index in [4.69, 9.17) is 14.7 Å². The number of amides is 2. The molecule has 2 heterocycles. The van der Waals surface area contributed by atoms with Crippen LogP contribution in [0.25, 0.3) is 0 Å². The van der Waals surface area contributed by atoms with Gasteiger partial charge in [0.1, 0.15) is 12.1 Å². The number of halogens is 1. The first-order valence-corrected chi connectivity index (χ1v) is 9.63. The van der Waals surface area contributed by atoms with Crippen molar-refractivity contribution in [2.45, 2.75) is 56.7 Å². The van der Waals surface area contributed by atoms with Crippen LogP contribution in [0.3, 0.4) is 0 Å². The van der Waals surface area contributed by atoms with E-state index < -0.39 is 0 Å². The molecule has 3 rings (SSSR count). The highest BCUT2D eigenvalue weighted by Crippen LogP contribution is 2.22. The first kappa shape index (κ1) is 21.7. The van der Waals surface area contributed by atoms with Crippen LogP contribution in [0, 0.1) is 11.3 Å². The number of ether oxygens (including phenoxy) is 2. The van der Waals surface area contributed by atoms with Crippen molar-refractivity contribution in [3.63, 3.8) is 0 Å². The molecular weight excluding hydrogens is 372 g/mol. The Labute approximate surface area is 166 Å². The van der Waals surface area contributed by atoms with Gasteiger partial charge >= 0.3 is 6.09 Å². The van der Waals surface area contributed by atoms with Crippen molar-refractivity contribution < 1.29 is 19.1 Å². The zero-order valence-corrected chi connectivity index (χ0v) is 16.4. The molecule has 2 amide bonds. The van der Waals surface area contributed by atoms with Gasteiger partial charge in [-0.3, -0.25) is 4.79 Å². The Bertz CT molecular complexity index is 542. The lowest BCUT2D eigenvalue weighted by Gasteiger charge is -2.32. The second kappa shape index (κ2) is 10.7. The van der Waals surface area contributed by atoms with E-state index in [-0.39, 0.29) is 49.1 Å². The predicted molar refractivity (Wildman–Crippen MR) is 101 cm³/mol. The van der Waals surface area contributed by atoms with Crippen LogP contribution in [-0.4, -0.2) is 79.4 Å². The van der Waals surface area contributed by atoms with E-state index in [0.717, 1.165) is 38.5 Å². The van der Waals surface area contributed by atoms with Crippen LogP contribution in [0.5, 0.6) is 0 Å². The van der Waals surface area contributed by atoms with Crippen LogP contribution in [0.4, 0.5) is 4.79 Å². The van der Waals surface area contributed by atoms with Gasteiger partial charge in [0, 0.05) is 25.7 Å². The molecule has 27 heavy (non-hydrogen) atoms. The Morgan fingerprint density at radius 2 is 1.81 bits per heavy atom. The summed E-state index contributed by atoms with van der Waals surface area (Å²) >= 11 is 0. The van der Waals surface area contributed by atoms with Crippen molar-refractivity contribution in [2.75, 3.05) is 39.4 Å². The first-order valence-electron chi connectivity index (χ1n) is 9.63. The average molecular weight is 401 g/mol. The molecule has 1 aliphatic carbocycles. The molecule has 0 radical (unpaired) electrons. The maximum absolute atomic E-state index is 12.3. The third-order valence-corrected chi connectivity index (χ3v) is 5.48. The maximum atomic E-state index is 12.3. The minimum absolute atomic E-state index is 0. The van der Waals surface area contributed by atoms with Gasteiger partial charge in [0.25, 0.3) is 0 Å². The molecule has 0 spiro atoms. The van der Waals surface area contributed by atoms with Crippen LogP contribution in [0.1, 0.15) is 38.5 Å². The van der Waals surface area contributed by atoms with Crippen molar-refractivity contribution in [3.8, 4) is 6.07 Å². The zero-order valence-electron chi connectivity index (χ0n) is 15.6. The van der Waals surface area contributed by atoms with Gasteiger partial charge < -0.3 is 24.6 Å². The normalized spacial score (nSPS) is 28.2. The minimum atomic E-state index is -0.264. The standard InChI is InChI=1S/C18H28N4O4.ClH/c19-12-15-2-1-7-22(15)17(23)13-20-14-3-5-16(6-4-14)26-18(24)21-8-10-25-11-9-21;/h14-16,20H,1-11,13H2;1H/t14-,15-,16-;/m0./s1. The summed E-state index contributed by atoms with van der Waals surface area (Å²) in [5.74, 6) is 0.00918. The molecule has 152 valence electrons. The molecule has 2 aliphatic heterocycles. The van der Waals surface area contributed by atoms with Gasteiger partial charge in [0.2, 0.25) is 5.91 Å². The van der Waals surface area contributed by atoms with Gasteiger partial charge in [0.05, 0.1) is 25.8 Å². The molecule has 1 N–H and O–H groups in total. The molecule has 1 saturated carbocycles. The summed E-state index contributed by atoms with van der Waals surface area (Å²) in [7, 11) is 0. The SMILES string of the molecule is Cl.N#C[C@@H]1CCCN1C(=O)CN[C@H]1CC[C@H](OC(=O)N2CCOCC2)CC1. The fourth-order valence-electron chi connectivity index (χ4n) is 3.88. The quantitative estimate of drug-likeness (QED) is 0.764. The molecule has 0 bridgehead atoms. The number of nitriles is 1. The first-order chi connectivity index (χ1) is 12.7. The topological polar surface area (TPSA) is 94.9 Å². The van der Waals surface area contributed by atoms with Crippen LogP contribution in [0.2, 0.25) is 0 Å². The van der Waals surface area contributed by atoms with Gasteiger partial charge in [-0.15, -0.1) is 12.4 Å². The van der Waals surface area contributed by atoms with Gasteiger partial charge in [-0.2, -0.15) is 5.26 Å². The summed E-state index contributed by atoms with van der Waals surface area (Å²) < 4.78 is 10.9. The van der Waals surface area contributed by atoms with Gasteiger partial charge in [-0.1, -0.05) is 0 Å². The molecule has 0 aromatic heterocycles. The largest absolute Gasteiger partial charge is 0.446 e. The summed E-state index contributed by atoms with van der Waals surface area (Å²) in [4.78, 5) is 27.8. The Hall–Kier alpha value is -1.56. The van der Waals surface area contributed by atoms with Crippen LogP contribution in [-0.2, 0) is 14.3 Å². The summed E-state index contributed by atoms with van der Waals surface area (Å²) in [6.07, 6.45) is 4.80. The Kier molecular flexibility index (Phi) is 8.61. The monoisotopic (exact) mass is 400 g/mol. The lowest BCUT2D eigenvalue weighted by molar-refractivity contribution is -0.130. The van der Waals surface area contributed by atoms with Crippen LogP contribution < -0.4 is 5.32 Å².